The lowest BCUT2D eigenvalue weighted by Gasteiger charge is -2.06. The van der Waals surface area contributed by atoms with Gasteiger partial charge in [0.1, 0.15) is 10.7 Å². The lowest BCUT2D eigenvalue weighted by atomic mass is 10.2. The van der Waals surface area contributed by atoms with Gasteiger partial charge in [-0.15, -0.1) is 0 Å². The maximum absolute atomic E-state index is 10.6. The number of nitrogens with two attached hydrogens (primary N) is 1. The number of benzene rings is 1. The monoisotopic (exact) mass is 276 g/mol. The highest BCUT2D eigenvalue weighted by atomic mass is 16.6. The molecule has 2 rings (SSSR count). The van der Waals surface area contributed by atoms with E-state index in [0.717, 1.165) is 5.69 Å². The van der Waals surface area contributed by atoms with Crippen molar-refractivity contribution in [1.82, 2.24) is 0 Å². The Bertz CT molecular complexity index is 621. The summed E-state index contributed by atoms with van der Waals surface area (Å²) in [5.41, 5.74) is 6.35. The Labute approximate surface area is 113 Å². The van der Waals surface area contributed by atoms with E-state index in [0.29, 0.717) is 18.0 Å². The number of furan rings is 1. The molecule has 8 nitrogen and oxygen atoms in total. The molecule has 104 valence electrons. The first kappa shape index (κ1) is 13.4. The van der Waals surface area contributed by atoms with Gasteiger partial charge in [0.25, 0.3) is 0 Å². The van der Waals surface area contributed by atoms with Crippen LogP contribution in [-0.2, 0) is 6.54 Å². The van der Waals surface area contributed by atoms with Gasteiger partial charge >= 0.3 is 11.9 Å². The van der Waals surface area contributed by atoms with Crippen LogP contribution in [0.25, 0.3) is 0 Å². The van der Waals surface area contributed by atoms with Crippen molar-refractivity contribution in [3.05, 3.63) is 52.3 Å². The van der Waals surface area contributed by atoms with Gasteiger partial charge in [-0.1, -0.05) is 0 Å². The van der Waals surface area contributed by atoms with Crippen LogP contribution in [0, 0.1) is 10.1 Å². The molecule has 8 heteroatoms. The topological polar surface area (TPSA) is 123 Å². The zero-order valence-electron chi connectivity index (χ0n) is 10.3. The molecule has 0 bridgehead atoms. The third-order valence-electron chi connectivity index (χ3n) is 2.45. The molecule has 1 aromatic heterocycles. The molecule has 0 spiro atoms. The number of amides is 2. The Hall–Kier alpha value is -3.03. The molecule has 0 unspecified atom stereocenters. The van der Waals surface area contributed by atoms with E-state index in [1.165, 1.54) is 12.1 Å². The van der Waals surface area contributed by atoms with Gasteiger partial charge in [0.05, 0.1) is 12.6 Å². The summed E-state index contributed by atoms with van der Waals surface area (Å²) in [6.07, 6.45) is 0. The van der Waals surface area contributed by atoms with Crippen molar-refractivity contribution in [2.45, 2.75) is 6.54 Å². The van der Waals surface area contributed by atoms with E-state index in [1.807, 2.05) is 0 Å². The number of rotatable bonds is 5. The normalized spacial score (nSPS) is 10.0. The molecular weight excluding hydrogens is 264 g/mol. The minimum absolute atomic E-state index is 0.289. The third kappa shape index (κ3) is 3.48. The molecular formula is C12H12N4O4. The van der Waals surface area contributed by atoms with Gasteiger partial charge in [0.2, 0.25) is 0 Å². The summed E-state index contributed by atoms with van der Waals surface area (Å²) >= 11 is 0. The predicted octanol–water partition coefficient (Wildman–Crippen LogP) is 2.29. The Morgan fingerprint density at radius 2 is 1.85 bits per heavy atom. The molecule has 0 atom stereocenters. The number of nitrogens with zero attached hydrogens (tertiary/aromatic N) is 1. The fourth-order valence-electron chi connectivity index (χ4n) is 1.56. The number of primary amides is 1. The molecule has 0 aliphatic heterocycles. The van der Waals surface area contributed by atoms with Crippen LogP contribution in [0.5, 0.6) is 0 Å². The molecule has 1 heterocycles. The number of hydrogen-bond donors (Lipinski definition) is 3. The zero-order chi connectivity index (χ0) is 14.5. The Kier molecular flexibility index (Phi) is 3.85. The summed E-state index contributed by atoms with van der Waals surface area (Å²) in [6.45, 7) is 0.316. The fraction of sp³-hybridized carbons (Fsp3) is 0.0833. The smallest absolute Gasteiger partial charge is 0.404 e. The number of anilines is 2. The van der Waals surface area contributed by atoms with E-state index in [2.05, 4.69) is 10.6 Å². The summed E-state index contributed by atoms with van der Waals surface area (Å²) in [4.78, 5) is 20.5. The molecule has 0 saturated heterocycles. The van der Waals surface area contributed by atoms with Crippen molar-refractivity contribution >= 4 is 23.3 Å². The molecule has 2 amide bonds. The highest BCUT2D eigenvalue weighted by Crippen LogP contribution is 2.18. The molecule has 0 saturated carbocycles. The quantitative estimate of drug-likeness (QED) is 0.571. The summed E-state index contributed by atoms with van der Waals surface area (Å²) in [7, 11) is 0. The van der Waals surface area contributed by atoms with Crippen molar-refractivity contribution in [3.8, 4) is 0 Å². The van der Waals surface area contributed by atoms with Crippen LogP contribution in [0.3, 0.4) is 0 Å². The van der Waals surface area contributed by atoms with E-state index in [9.17, 15) is 14.9 Å². The molecule has 0 radical (unpaired) electrons. The van der Waals surface area contributed by atoms with Gasteiger partial charge in [0, 0.05) is 11.4 Å². The van der Waals surface area contributed by atoms with Gasteiger partial charge in [0.15, 0.2) is 0 Å². The number of carbonyl (C=O) groups excluding carboxylic acids is 1. The summed E-state index contributed by atoms with van der Waals surface area (Å²) in [5, 5.41) is 15.9. The maximum atomic E-state index is 10.6. The van der Waals surface area contributed by atoms with Gasteiger partial charge in [-0.05, 0) is 30.3 Å². The first-order chi connectivity index (χ1) is 9.54. The van der Waals surface area contributed by atoms with Gasteiger partial charge in [-0.2, -0.15) is 0 Å². The lowest BCUT2D eigenvalue weighted by Crippen LogP contribution is -2.19. The van der Waals surface area contributed by atoms with Gasteiger partial charge in [-0.25, -0.2) is 4.79 Å². The fourth-order valence-corrected chi connectivity index (χ4v) is 1.56. The summed E-state index contributed by atoms with van der Waals surface area (Å²) in [6, 6.07) is 9.04. The zero-order valence-corrected chi connectivity index (χ0v) is 10.3. The summed E-state index contributed by atoms with van der Waals surface area (Å²) in [5.74, 6) is 0.166. The Morgan fingerprint density at radius 1 is 1.20 bits per heavy atom. The highest BCUT2D eigenvalue weighted by molar-refractivity contribution is 5.87. The Morgan fingerprint density at radius 3 is 2.40 bits per heavy atom. The van der Waals surface area contributed by atoms with Crippen LogP contribution >= 0.6 is 0 Å². The molecule has 1 aromatic carbocycles. The molecule has 2 aromatic rings. The van der Waals surface area contributed by atoms with E-state index >= 15 is 0 Å². The average Bonchev–Trinajstić information content (AvgIpc) is 2.86. The van der Waals surface area contributed by atoms with Gasteiger partial charge < -0.3 is 20.8 Å². The highest BCUT2D eigenvalue weighted by Gasteiger charge is 2.11. The van der Waals surface area contributed by atoms with E-state index in [1.54, 1.807) is 24.3 Å². The van der Waals surface area contributed by atoms with Crippen LogP contribution in [0.2, 0.25) is 0 Å². The third-order valence-corrected chi connectivity index (χ3v) is 2.45. The number of hydrogen-bond acceptors (Lipinski definition) is 5. The van der Waals surface area contributed by atoms with E-state index < -0.39 is 11.0 Å². The second-order valence-electron chi connectivity index (χ2n) is 3.92. The number of nitrogens with one attached hydrogen (secondary N) is 2. The number of nitro groups is 1. The van der Waals surface area contributed by atoms with Crippen molar-refractivity contribution in [1.29, 1.82) is 0 Å². The minimum Gasteiger partial charge on any atom is -0.404 e. The molecule has 0 fully saturated rings. The predicted molar refractivity (Wildman–Crippen MR) is 72.3 cm³/mol. The van der Waals surface area contributed by atoms with E-state index in [4.69, 9.17) is 10.2 Å². The second-order valence-corrected chi connectivity index (χ2v) is 3.92. The largest absolute Gasteiger partial charge is 0.433 e. The first-order valence-corrected chi connectivity index (χ1v) is 5.68. The molecule has 4 N–H and O–H groups in total. The minimum atomic E-state index is -0.631. The standard InChI is InChI=1S/C12H12N4O4/c13-12(17)15-9-3-1-8(2-4-9)14-7-10-5-6-11(20-10)16(18)19/h1-6,14H,7H2,(H3,13,15,17). The van der Waals surface area contributed by atoms with Crippen LogP contribution in [0.4, 0.5) is 22.1 Å². The molecule has 20 heavy (non-hydrogen) atoms. The van der Waals surface area contributed by atoms with Crippen LogP contribution in [0.15, 0.2) is 40.8 Å². The van der Waals surface area contributed by atoms with Crippen LogP contribution in [-0.4, -0.2) is 11.0 Å². The van der Waals surface area contributed by atoms with Crippen molar-refractivity contribution < 1.29 is 14.1 Å². The number of carbonyl (C=O) groups is 1. The first-order valence-electron chi connectivity index (χ1n) is 5.68. The number of urea groups is 1. The molecule has 0 aliphatic rings. The maximum Gasteiger partial charge on any atom is 0.433 e. The van der Waals surface area contributed by atoms with E-state index in [-0.39, 0.29) is 5.88 Å². The lowest BCUT2D eigenvalue weighted by molar-refractivity contribution is -0.402. The van der Waals surface area contributed by atoms with Crippen molar-refractivity contribution in [3.63, 3.8) is 0 Å². The second kappa shape index (κ2) is 5.74. The van der Waals surface area contributed by atoms with Crippen molar-refractivity contribution in [2.75, 3.05) is 10.6 Å². The molecule has 0 aliphatic carbocycles. The summed E-state index contributed by atoms with van der Waals surface area (Å²) < 4.78 is 5.01. The SMILES string of the molecule is NC(=O)Nc1ccc(NCc2ccc([N+](=O)[O-])o2)cc1. The Balaban J connectivity index is 1.93. The van der Waals surface area contributed by atoms with Crippen LogP contribution < -0.4 is 16.4 Å². The van der Waals surface area contributed by atoms with Gasteiger partial charge in [-0.3, -0.25) is 10.1 Å². The van der Waals surface area contributed by atoms with Crippen molar-refractivity contribution in [2.24, 2.45) is 5.73 Å². The van der Waals surface area contributed by atoms with Crippen LogP contribution in [0.1, 0.15) is 5.76 Å². The average molecular weight is 276 g/mol.